The first-order chi connectivity index (χ1) is 11.5. The summed E-state index contributed by atoms with van der Waals surface area (Å²) in [4.78, 5) is 26.0. The van der Waals surface area contributed by atoms with E-state index >= 15 is 0 Å². The molecule has 0 unspecified atom stereocenters. The van der Waals surface area contributed by atoms with E-state index in [0.717, 1.165) is 6.54 Å². The van der Waals surface area contributed by atoms with Crippen molar-refractivity contribution >= 4 is 11.8 Å². The van der Waals surface area contributed by atoms with Gasteiger partial charge in [0.1, 0.15) is 6.61 Å². The summed E-state index contributed by atoms with van der Waals surface area (Å²) in [5.41, 5.74) is -0.566. The van der Waals surface area contributed by atoms with Crippen molar-refractivity contribution in [2.24, 2.45) is 11.3 Å². The fourth-order valence-corrected chi connectivity index (χ4v) is 3.55. The van der Waals surface area contributed by atoms with Crippen LogP contribution in [0.5, 0.6) is 5.75 Å². The zero-order chi connectivity index (χ0) is 17.2. The molecule has 0 aromatic heterocycles. The predicted molar refractivity (Wildman–Crippen MR) is 86.0 cm³/mol. The van der Waals surface area contributed by atoms with Gasteiger partial charge in [0.15, 0.2) is 11.6 Å². The number of ether oxygens (including phenoxy) is 1. The molecule has 0 aliphatic carbocycles. The second-order valence-corrected chi connectivity index (χ2v) is 6.42. The van der Waals surface area contributed by atoms with E-state index in [2.05, 4.69) is 10.6 Å². The molecule has 24 heavy (non-hydrogen) atoms. The maximum absolute atomic E-state index is 13.5. The molecule has 2 aliphatic heterocycles. The summed E-state index contributed by atoms with van der Waals surface area (Å²) in [7, 11) is 0. The quantitative estimate of drug-likeness (QED) is 0.764. The van der Waals surface area contributed by atoms with Crippen molar-refractivity contribution in [1.82, 2.24) is 15.5 Å². The van der Waals surface area contributed by atoms with E-state index in [0.29, 0.717) is 26.2 Å². The topological polar surface area (TPSA) is 70.7 Å². The number of carbonyl (C=O) groups is 2. The minimum atomic E-state index is -0.566. The third-order valence-corrected chi connectivity index (χ3v) is 4.91. The van der Waals surface area contributed by atoms with E-state index in [-0.39, 0.29) is 30.1 Å². The van der Waals surface area contributed by atoms with Gasteiger partial charge in [0.25, 0.3) is 0 Å². The van der Waals surface area contributed by atoms with Crippen molar-refractivity contribution in [1.29, 1.82) is 0 Å². The van der Waals surface area contributed by atoms with Crippen LogP contribution >= 0.6 is 0 Å². The van der Waals surface area contributed by atoms with Crippen LogP contribution in [-0.2, 0) is 9.59 Å². The number of rotatable bonds is 5. The Morgan fingerprint density at radius 1 is 1.46 bits per heavy atom. The monoisotopic (exact) mass is 335 g/mol. The fraction of sp³-hybridized carbons (Fsp3) is 0.529. The molecule has 1 aromatic carbocycles. The first kappa shape index (κ1) is 16.7. The van der Waals surface area contributed by atoms with Crippen molar-refractivity contribution in [2.45, 2.75) is 6.92 Å². The van der Waals surface area contributed by atoms with E-state index in [1.54, 1.807) is 23.1 Å². The van der Waals surface area contributed by atoms with Gasteiger partial charge in [0, 0.05) is 39.0 Å². The van der Waals surface area contributed by atoms with Gasteiger partial charge < -0.3 is 20.3 Å². The summed E-state index contributed by atoms with van der Waals surface area (Å²) in [6, 6.07) is 6.17. The molecule has 0 bridgehead atoms. The van der Waals surface area contributed by atoms with Crippen LogP contribution < -0.4 is 15.4 Å². The molecule has 130 valence electrons. The number of nitrogens with one attached hydrogen (secondary N) is 2. The van der Waals surface area contributed by atoms with Crippen molar-refractivity contribution in [3.05, 3.63) is 30.1 Å². The van der Waals surface area contributed by atoms with Crippen molar-refractivity contribution in [3.63, 3.8) is 0 Å². The smallest absolute Gasteiger partial charge is 0.229 e. The zero-order valence-electron chi connectivity index (χ0n) is 13.7. The minimum Gasteiger partial charge on any atom is -0.489 e. The molecular weight excluding hydrogens is 313 g/mol. The van der Waals surface area contributed by atoms with Crippen LogP contribution in [0.15, 0.2) is 24.3 Å². The van der Waals surface area contributed by atoms with Crippen LogP contribution in [0.1, 0.15) is 6.92 Å². The van der Waals surface area contributed by atoms with Crippen molar-refractivity contribution in [2.75, 3.05) is 39.3 Å². The molecule has 2 N–H and O–H groups in total. The van der Waals surface area contributed by atoms with E-state index in [1.165, 1.54) is 13.0 Å². The Kier molecular flexibility index (Phi) is 4.71. The second kappa shape index (κ2) is 6.76. The lowest BCUT2D eigenvalue weighted by Crippen LogP contribution is -2.48. The Balaban J connectivity index is 1.53. The Labute approximate surface area is 140 Å². The molecule has 0 saturated carbocycles. The summed E-state index contributed by atoms with van der Waals surface area (Å²) in [6.07, 6.45) is 0. The van der Waals surface area contributed by atoms with Crippen LogP contribution in [-0.4, -0.2) is 56.0 Å². The van der Waals surface area contributed by atoms with Gasteiger partial charge in [-0.05, 0) is 12.1 Å². The van der Waals surface area contributed by atoms with Crippen molar-refractivity contribution < 1.29 is 18.7 Å². The largest absolute Gasteiger partial charge is 0.489 e. The molecule has 2 aliphatic rings. The molecule has 3 rings (SSSR count). The zero-order valence-corrected chi connectivity index (χ0v) is 13.7. The number of nitrogens with zero attached hydrogens (tertiary/aromatic N) is 1. The van der Waals surface area contributed by atoms with Gasteiger partial charge in [-0.3, -0.25) is 9.59 Å². The van der Waals surface area contributed by atoms with Gasteiger partial charge in [0.05, 0.1) is 12.0 Å². The highest BCUT2D eigenvalue weighted by molar-refractivity contribution is 5.86. The molecule has 2 atom stereocenters. The molecule has 0 radical (unpaired) electrons. The maximum Gasteiger partial charge on any atom is 0.229 e. The van der Waals surface area contributed by atoms with Gasteiger partial charge in [-0.1, -0.05) is 12.1 Å². The Bertz CT molecular complexity index is 639. The van der Waals surface area contributed by atoms with Crippen LogP contribution in [0.25, 0.3) is 0 Å². The fourth-order valence-electron chi connectivity index (χ4n) is 3.55. The van der Waals surface area contributed by atoms with Gasteiger partial charge >= 0.3 is 0 Å². The molecule has 2 fully saturated rings. The number of carbonyl (C=O) groups excluding carboxylic acids is 2. The third-order valence-electron chi connectivity index (χ3n) is 4.91. The lowest BCUT2D eigenvalue weighted by atomic mass is 9.80. The summed E-state index contributed by atoms with van der Waals surface area (Å²) in [6.45, 7) is 4.38. The number of para-hydroxylation sites is 1. The third kappa shape index (κ3) is 3.08. The van der Waals surface area contributed by atoms with Crippen LogP contribution in [0.3, 0.4) is 0 Å². The Hall–Kier alpha value is -2.15. The average molecular weight is 335 g/mol. The SMILES string of the molecule is CC(=O)N1C[C@H]2CNC[C@@]2(C(=O)NCCOc2ccccc2F)C1. The van der Waals surface area contributed by atoms with Crippen LogP contribution in [0, 0.1) is 17.2 Å². The average Bonchev–Trinajstić information content (AvgIpc) is 3.11. The highest BCUT2D eigenvalue weighted by Gasteiger charge is 2.55. The maximum atomic E-state index is 13.5. The van der Waals surface area contributed by atoms with Gasteiger partial charge in [-0.15, -0.1) is 0 Å². The van der Waals surface area contributed by atoms with Gasteiger partial charge in [-0.2, -0.15) is 0 Å². The van der Waals surface area contributed by atoms with E-state index in [1.807, 2.05) is 0 Å². The first-order valence-corrected chi connectivity index (χ1v) is 8.15. The van der Waals surface area contributed by atoms with Crippen LogP contribution in [0.4, 0.5) is 4.39 Å². The highest BCUT2D eigenvalue weighted by atomic mass is 19.1. The molecule has 6 nitrogen and oxygen atoms in total. The number of amides is 2. The molecule has 2 heterocycles. The van der Waals surface area contributed by atoms with Crippen LogP contribution in [0.2, 0.25) is 0 Å². The lowest BCUT2D eigenvalue weighted by Gasteiger charge is -2.26. The lowest BCUT2D eigenvalue weighted by molar-refractivity contribution is -0.132. The van der Waals surface area contributed by atoms with Gasteiger partial charge in [-0.25, -0.2) is 4.39 Å². The number of likely N-dealkylation sites (tertiary alicyclic amines) is 1. The normalized spacial score (nSPS) is 25.4. The summed E-state index contributed by atoms with van der Waals surface area (Å²) in [5, 5.41) is 6.12. The number of benzene rings is 1. The van der Waals surface area contributed by atoms with E-state index in [4.69, 9.17) is 4.74 Å². The summed E-state index contributed by atoms with van der Waals surface area (Å²) >= 11 is 0. The molecule has 2 amide bonds. The molecule has 7 heteroatoms. The standard InChI is InChI=1S/C17H22FN3O3/c1-12(22)21-9-13-8-19-10-17(13,11-21)16(23)20-6-7-24-15-5-3-2-4-14(15)18/h2-5,13,19H,6-11H2,1H3,(H,20,23)/t13-,17-/m1/s1. The number of hydrogen-bond donors (Lipinski definition) is 2. The number of hydrogen-bond acceptors (Lipinski definition) is 4. The molecule has 1 aromatic rings. The summed E-state index contributed by atoms with van der Waals surface area (Å²) < 4.78 is 18.8. The number of halogens is 1. The second-order valence-electron chi connectivity index (χ2n) is 6.42. The Morgan fingerprint density at radius 3 is 3.00 bits per heavy atom. The molecular formula is C17H22FN3O3. The van der Waals surface area contributed by atoms with Crippen molar-refractivity contribution in [3.8, 4) is 5.75 Å². The van der Waals surface area contributed by atoms with E-state index < -0.39 is 11.2 Å². The first-order valence-electron chi connectivity index (χ1n) is 8.15. The van der Waals surface area contributed by atoms with Gasteiger partial charge in [0.2, 0.25) is 11.8 Å². The molecule has 0 spiro atoms. The molecule has 2 saturated heterocycles. The predicted octanol–water partition coefficient (Wildman–Crippen LogP) is 0.389. The highest BCUT2D eigenvalue weighted by Crippen LogP contribution is 2.39. The summed E-state index contributed by atoms with van der Waals surface area (Å²) in [5.74, 6) is -0.184. The Morgan fingerprint density at radius 2 is 2.25 bits per heavy atom. The minimum absolute atomic E-state index is 0.000499. The number of fused-ring (bicyclic) bond motifs is 1. The van der Waals surface area contributed by atoms with E-state index in [9.17, 15) is 14.0 Å².